The average Bonchev–Trinajstić information content (AvgIpc) is 3.26. The Morgan fingerprint density at radius 2 is 1.79 bits per heavy atom. The van der Waals surface area contributed by atoms with Gasteiger partial charge in [0.1, 0.15) is 5.54 Å². The van der Waals surface area contributed by atoms with Crippen molar-refractivity contribution in [3.63, 3.8) is 0 Å². The summed E-state index contributed by atoms with van der Waals surface area (Å²) >= 11 is 0. The van der Waals surface area contributed by atoms with E-state index < -0.39 is 46.9 Å². The maximum absolute atomic E-state index is 12.8. The third kappa shape index (κ3) is 3.34. The van der Waals surface area contributed by atoms with E-state index in [4.69, 9.17) is 10.8 Å². The van der Waals surface area contributed by atoms with Gasteiger partial charge in [-0.3, -0.25) is 14.4 Å². The van der Waals surface area contributed by atoms with Crippen molar-refractivity contribution in [3.05, 3.63) is 35.4 Å². The van der Waals surface area contributed by atoms with Gasteiger partial charge in [-0.15, -0.1) is 0 Å². The van der Waals surface area contributed by atoms with Crippen LogP contribution in [0, 0.1) is 11.8 Å². The fourth-order valence-electron chi connectivity index (χ4n) is 2.38. The van der Waals surface area contributed by atoms with Gasteiger partial charge in [0.15, 0.2) is 0 Å². The molecule has 3 atom stereocenters. The first kappa shape index (κ1) is 17.8. The molecular formula is C15H15F3N2O4. The Balaban J connectivity index is 2.30. The highest BCUT2D eigenvalue weighted by Crippen LogP contribution is 2.40. The molecule has 1 aliphatic carbocycles. The van der Waals surface area contributed by atoms with E-state index in [-0.39, 0.29) is 12.0 Å². The maximum Gasteiger partial charge on any atom is 0.416 e. The summed E-state index contributed by atoms with van der Waals surface area (Å²) in [5, 5.41) is 11.1. The monoisotopic (exact) mass is 344 g/mol. The Bertz CT molecular complexity index is 704. The molecule has 2 rings (SSSR count). The molecule has 1 fully saturated rings. The van der Waals surface area contributed by atoms with E-state index in [2.05, 4.69) is 5.32 Å². The number of nitrogens with one attached hydrogen (secondary N) is 1. The minimum atomic E-state index is -4.62. The number of hydrogen-bond acceptors (Lipinski definition) is 3. The number of nitrogens with two attached hydrogens (primary N) is 1. The van der Waals surface area contributed by atoms with Gasteiger partial charge >= 0.3 is 12.1 Å². The maximum atomic E-state index is 12.8. The zero-order valence-corrected chi connectivity index (χ0v) is 12.6. The highest BCUT2D eigenvalue weighted by Gasteiger charge is 2.50. The van der Waals surface area contributed by atoms with Crippen molar-refractivity contribution >= 4 is 17.8 Å². The number of benzene rings is 1. The number of carbonyl (C=O) groups excluding carboxylic acids is 2. The number of hydrogen-bond donors (Lipinski definition) is 3. The molecule has 1 aromatic carbocycles. The van der Waals surface area contributed by atoms with Gasteiger partial charge in [0.2, 0.25) is 11.8 Å². The number of halogens is 3. The number of amides is 2. The van der Waals surface area contributed by atoms with Crippen LogP contribution in [0.1, 0.15) is 24.5 Å². The molecule has 0 aliphatic heterocycles. The van der Waals surface area contributed by atoms with E-state index in [1.165, 1.54) is 13.0 Å². The largest absolute Gasteiger partial charge is 0.481 e. The van der Waals surface area contributed by atoms with Crippen LogP contribution in [0.3, 0.4) is 0 Å². The van der Waals surface area contributed by atoms with Crippen LogP contribution in [0.2, 0.25) is 0 Å². The minimum absolute atomic E-state index is 0.110. The van der Waals surface area contributed by atoms with Crippen LogP contribution in [0.5, 0.6) is 0 Å². The topological polar surface area (TPSA) is 109 Å². The number of carbonyl (C=O) groups is 3. The molecule has 2 amide bonds. The van der Waals surface area contributed by atoms with Gasteiger partial charge in [-0.1, -0.05) is 12.1 Å². The van der Waals surface area contributed by atoms with Crippen LogP contribution in [0.4, 0.5) is 13.2 Å². The van der Waals surface area contributed by atoms with Crippen LogP contribution in [0.15, 0.2) is 24.3 Å². The molecule has 0 saturated heterocycles. The summed E-state index contributed by atoms with van der Waals surface area (Å²) in [5.74, 6) is -4.62. The second-order valence-corrected chi connectivity index (χ2v) is 5.84. The number of rotatable bonds is 5. The average molecular weight is 344 g/mol. The van der Waals surface area contributed by atoms with Crippen molar-refractivity contribution in [2.45, 2.75) is 25.1 Å². The molecule has 0 bridgehead atoms. The van der Waals surface area contributed by atoms with Crippen molar-refractivity contribution in [2.75, 3.05) is 0 Å². The molecule has 9 heteroatoms. The van der Waals surface area contributed by atoms with Gasteiger partial charge in [0, 0.05) is 0 Å². The van der Waals surface area contributed by atoms with Crippen LogP contribution in [0.25, 0.3) is 0 Å². The van der Waals surface area contributed by atoms with E-state index in [1.807, 2.05) is 0 Å². The van der Waals surface area contributed by atoms with Crippen LogP contribution < -0.4 is 11.1 Å². The van der Waals surface area contributed by atoms with Gasteiger partial charge in [0.05, 0.1) is 17.4 Å². The summed E-state index contributed by atoms with van der Waals surface area (Å²) in [7, 11) is 0. The van der Waals surface area contributed by atoms with Crippen molar-refractivity contribution in [3.8, 4) is 0 Å². The predicted octanol–water partition coefficient (Wildman–Crippen LogP) is 1.24. The lowest BCUT2D eigenvalue weighted by Crippen LogP contribution is -2.53. The number of aliphatic carboxylic acids is 1. The van der Waals surface area contributed by atoms with Crippen LogP contribution >= 0.6 is 0 Å². The van der Waals surface area contributed by atoms with Crippen molar-refractivity contribution < 1.29 is 32.7 Å². The molecular weight excluding hydrogens is 329 g/mol. The van der Waals surface area contributed by atoms with Crippen LogP contribution in [-0.2, 0) is 26.1 Å². The van der Waals surface area contributed by atoms with E-state index in [9.17, 15) is 27.6 Å². The molecule has 4 N–H and O–H groups in total. The fraction of sp³-hybridized carbons (Fsp3) is 0.400. The molecule has 0 spiro atoms. The summed E-state index contributed by atoms with van der Waals surface area (Å²) in [4.78, 5) is 34.7. The first-order chi connectivity index (χ1) is 11.0. The van der Waals surface area contributed by atoms with Crippen molar-refractivity contribution in [1.82, 2.24) is 5.32 Å². The summed E-state index contributed by atoms with van der Waals surface area (Å²) in [6.45, 7) is 1.18. The molecule has 0 radical (unpaired) electrons. The van der Waals surface area contributed by atoms with E-state index in [1.54, 1.807) is 0 Å². The predicted molar refractivity (Wildman–Crippen MR) is 75.4 cm³/mol. The Morgan fingerprint density at radius 3 is 2.25 bits per heavy atom. The molecule has 6 nitrogen and oxygen atoms in total. The van der Waals surface area contributed by atoms with E-state index >= 15 is 0 Å². The molecule has 0 aromatic heterocycles. The Morgan fingerprint density at radius 1 is 1.21 bits per heavy atom. The van der Waals surface area contributed by atoms with E-state index in [0.29, 0.717) is 0 Å². The molecule has 1 aliphatic rings. The quantitative estimate of drug-likeness (QED) is 0.746. The lowest BCUT2D eigenvalue weighted by atomic mass is 9.89. The van der Waals surface area contributed by atoms with Gasteiger partial charge in [-0.25, -0.2) is 0 Å². The SMILES string of the molecule is CC(NC(=O)C1CC1C(=O)O)(C(N)=O)c1cccc(C(F)(F)F)c1. The number of carboxylic acid groups (broad SMARTS) is 1. The highest BCUT2D eigenvalue weighted by molar-refractivity contribution is 5.95. The molecule has 1 saturated carbocycles. The summed E-state index contributed by atoms with van der Waals surface area (Å²) in [6.07, 6.45) is -4.51. The zero-order valence-electron chi connectivity index (χ0n) is 12.6. The normalized spacial score (nSPS) is 22.3. The fourth-order valence-corrected chi connectivity index (χ4v) is 2.38. The minimum Gasteiger partial charge on any atom is -0.481 e. The second-order valence-electron chi connectivity index (χ2n) is 5.84. The van der Waals surface area contributed by atoms with Gasteiger partial charge in [0.25, 0.3) is 0 Å². The lowest BCUT2D eigenvalue weighted by molar-refractivity contribution is -0.141. The van der Waals surface area contributed by atoms with Crippen LogP contribution in [-0.4, -0.2) is 22.9 Å². The third-order valence-corrected chi connectivity index (χ3v) is 4.08. The Kier molecular flexibility index (Phi) is 4.30. The van der Waals surface area contributed by atoms with E-state index in [0.717, 1.165) is 18.2 Å². The number of carboxylic acids is 1. The first-order valence-corrected chi connectivity index (χ1v) is 6.99. The Labute approximate surface area is 134 Å². The van der Waals surface area contributed by atoms with Crippen molar-refractivity contribution in [1.29, 1.82) is 0 Å². The third-order valence-electron chi connectivity index (χ3n) is 4.08. The number of alkyl halides is 3. The first-order valence-electron chi connectivity index (χ1n) is 6.99. The molecule has 130 valence electrons. The Hall–Kier alpha value is -2.58. The second kappa shape index (κ2) is 5.81. The smallest absolute Gasteiger partial charge is 0.416 e. The summed E-state index contributed by atoms with van der Waals surface area (Å²) in [6, 6.07) is 3.89. The summed E-state index contributed by atoms with van der Waals surface area (Å²) < 4.78 is 38.5. The van der Waals surface area contributed by atoms with Gasteiger partial charge in [-0.2, -0.15) is 13.2 Å². The molecule has 0 heterocycles. The highest BCUT2D eigenvalue weighted by atomic mass is 19.4. The standard InChI is InChI=1S/C15H15F3N2O4/c1-14(13(19)24,20-11(21)9-6-10(9)12(22)23)7-3-2-4-8(5-7)15(16,17)18/h2-5,9-10H,6H2,1H3,(H2,19,24)(H,20,21)(H,22,23). The van der Waals surface area contributed by atoms with Crippen molar-refractivity contribution in [2.24, 2.45) is 17.6 Å². The number of primary amides is 1. The summed E-state index contributed by atoms with van der Waals surface area (Å²) in [5.41, 5.74) is 2.27. The lowest BCUT2D eigenvalue weighted by Gasteiger charge is -2.28. The van der Waals surface area contributed by atoms with Gasteiger partial charge < -0.3 is 16.2 Å². The van der Waals surface area contributed by atoms with Gasteiger partial charge in [-0.05, 0) is 31.0 Å². The molecule has 1 aromatic rings. The zero-order chi connectivity index (χ0) is 18.3. The molecule has 24 heavy (non-hydrogen) atoms. The molecule has 3 unspecified atom stereocenters.